The zero-order chi connectivity index (χ0) is 28.2. The Morgan fingerprint density at radius 1 is 0.929 bits per heavy atom. The van der Waals surface area contributed by atoms with Crippen LogP contribution in [0.15, 0.2) is 70.3 Å². The Kier molecular flexibility index (Phi) is 5.88. The summed E-state index contributed by atoms with van der Waals surface area (Å²) in [4.78, 5) is 32.8. The molecule has 3 aliphatic rings. The molecule has 0 bridgehead atoms. The zero-order valence-electron chi connectivity index (χ0n) is 22.1. The van der Waals surface area contributed by atoms with Crippen molar-refractivity contribution in [2.24, 2.45) is 4.99 Å². The standard InChI is InChI=1S/C30H23FN8O2S/c31-20-8-4-7-19-21(15-5-2-1-3-6-15)34-26(27(40)35-22(19)20)37-30-39-38-28(41-30)23-24(42-29(36-23)17-11-12-17)18-13-32-25(33-14-18)16-9-10-16/h1-8,13-14,16-17,26H,9-12H2,(H,35,40)(H,37,39)/t26-/m1/s1. The number of hydrogen-bond acceptors (Lipinski definition) is 10. The van der Waals surface area contributed by atoms with Crippen LogP contribution < -0.4 is 10.6 Å². The molecule has 2 aromatic carbocycles. The van der Waals surface area contributed by atoms with E-state index in [0.717, 1.165) is 52.5 Å². The first-order valence-electron chi connectivity index (χ1n) is 13.8. The maximum Gasteiger partial charge on any atom is 0.317 e. The minimum Gasteiger partial charge on any atom is -0.402 e. The van der Waals surface area contributed by atoms with Gasteiger partial charge < -0.3 is 15.1 Å². The monoisotopic (exact) mass is 578 g/mol. The van der Waals surface area contributed by atoms with Crippen LogP contribution in [0.2, 0.25) is 0 Å². The molecule has 0 saturated heterocycles. The number of amides is 1. The van der Waals surface area contributed by atoms with Crippen LogP contribution in [0.25, 0.3) is 22.0 Å². The Balaban J connectivity index is 1.13. The number of carbonyl (C=O) groups excluding carboxylic acids is 1. The van der Waals surface area contributed by atoms with Gasteiger partial charge in [0.1, 0.15) is 17.3 Å². The topological polar surface area (TPSA) is 131 Å². The summed E-state index contributed by atoms with van der Waals surface area (Å²) in [6, 6.07) is 13.9. The Bertz CT molecular complexity index is 1840. The van der Waals surface area contributed by atoms with Crippen molar-refractivity contribution in [2.75, 3.05) is 10.6 Å². The normalized spacial score (nSPS) is 18.2. The van der Waals surface area contributed by atoms with Gasteiger partial charge in [0.2, 0.25) is 6.17 Å². The van der Waals surface area contributed by atoms with Crippen LogP contribution in [0.4, 0.5) is 16.1 Å². The van der Waals surface area contributed by atoms with Gasteiger partial charge in [-0.3, -0.25) is 4.79 Å². The first kappa shape index (κ1) is 24.9. The highest BCUT2D eigenvalue weighted by Crippen LogP contribution is 2.47. The van der Waals surface area contributed by atoms with E-state index in [0.29, 0.717) is 28.8 Å². The molecule has 2 fully saturated rings. The van der Waals surface area contributed by atoms with Gasteiger partial charge in [-0.15, -0.1) is 16.4 Å². The van der Waals surface area contributed by atoms with Gasteiger partial charge in [-0.05, 0) is 31.7 Å². The van der Waals surface area contributed by atoms with E-state index in [1.54, 1.807) is 23.5 Å². The van der Waals surface area contributed by atoms with Crippen molar-refractivity contribution >= 4 is 34.7 Å². The Hall–Kier alpha value is -4.84. The average Bonchev–Trinajstić information content (AvgIpc) is 3.95. The zero-order valence-corrected chi connectivity index (χ0v) is 22.9. The van der Waals surface area contributed by atoms with Crippen molar-refractivity contribution in [1.82, 2.24) is 25.1 Å². The summed E-state index contributed by atoms with van der Waals surface area (Å²) in [6.07, 6.45) is 6.95. The second-order valence-corrected chi connectivity index (χ2v) is 11.6. The lowest BCUT2D eigenvalue weighted by molar-refractivity contribution is -0.116. The SMILES string of the molecule is O=C1Nc2c(F)cccc2C(c2ccccc2)=N[C@@H]1Nc1nnc(-c2nc(C3CC3)sc2-c2cnc(C3CC3)nc2)o1. The molecule has 8 rings (SSSR count). The molecule has 1 aliphatic heterocycles. The maximum absolute atomic E-state index is 14.8. The van der Waals surface area contributed by atoms with E-state index in [9.17, 15) is 9.18 Å². The number of benzene rings is 2. The number of carbonyl (C=O) groups is 1. The van der Waals surface area contributed by atoms with Crippen molar-refractivity contribution in [3.8, 4) is 22.0 Å². The molecule has 0 spiro atoms. The number of halogens is 1. The van der Waals surface area contributed by atoms with E-state index in [-0.39, 0.29) is 17.6 Å². The molecule has 0 unspecified atom stereocenters. The van der Waals surface area contributed by atoms with Crippen LogP contribution in [0, 0.1) is 5.82 Å². The number of hydrogen-bond donors (Lipinski definition) is 2. The molecule has 3 aromatic heterocycles. The highest BCUT2D eigenvalue weighted by molar-refractivity contribution is 7.15. The van der Waals surface area contributed by atoms with Crippen LogP contribution in [0.5, 0.6) is 0 Å². The lowest BCUT2D eigenvalue weighted by atomic mass is 10.0. The van der Waals surface area contributed by atoms with E-state index in [2.05, 4.69) is 35.8 Å². The van der Waals surface area contributed by atoms with Crippen LogP contribution in [-0.2, 0) is 4.79 Å². The lowest BCUT2D eigenvalue weighted by Gasteiger charge is -2.11. The van der Waals surface area contributed by atoms with E-state index in [4.69, 9.17) is 9.40 Å². The Morgan fingerprint density at radius 3 is 2.48 bits per heavy atom. The molecule has 5 aromatic rings. The average molecular weight is 579 g/mol. The minimum absolute atomic E-state index is 0.0139. The molecule has 4 heterocycles. The number of fused-ring (bicyclic) bond motifs is 1. The number of rotatable bonds is 7. The number of thiazole rings is 1. The maximum atomic E-state index is 14.8. The highest BCUT2D eigenvalue weighted by Gasteiger charge is 2.32. The van der Waals surface area contributed by atoms with Crippen molar-refractivity contribution < 1.29 is 13.6 Å². The summed E-state index contributed by atoms with van der Waals surface area (Å²) in [7, 11) is 0. The molecule has 2 N–H and O–H groups in total. The van der Waals surface area contributed by atoms with Gasteiger partial charge in [0.05, 0.1) is 21.3 Å². The van der Waals surface area contributed by atoms with Crippen molar-refractivity contribution in [3.63, 3.8) is 0 Å². The number of aliphatic imine (C=N–C) groups is 1. The van der Waals surface area contributed by atoms with Gasteiger partial charge in [-0.25, -0.2) is 24.3 Å². The molecule has 208 valence electrons. The molecule has 10 nitrogen and oxygen atoms in total. The second kappa shape index (κ2) is 9.91. The fourth-order valence-electron chi connectivity index (χ4n) is 4.91. The molecule has 0 radical (unpaired) electrons. The third-order valence-corrected chi connectivity index (χ3v) is 8.67. The molecule has 1 amide bonds. The quantitative estimate of drug-likeness (QED) is 0.249. The highest BCUT2D eigenvalue weighted by atomic mass is 32.1. The van der Waals surface area contributed by atoms with Crippen LogP contribution in [0.1, 0.15) is 59.5 Å². The van der Waals surface area contributed by atoms with Gasteiger partial charge in [0.15, 0.2) is 0 Å². The summed E-state index contributed by atoms with van der Waals surface area (Å²) in [5.74, 6) is 0.847. The third-order valence-electron chi connectivity index (χ3n) is 7.41. The summed E-state index contributed by atoms with van der Waals surface area (Å²) >= 11 is 1.59. The molecule has 12 heteroatoms. The fourth-order valence-corrected chi connectivity index (χ4v) is 6.11. The number of benzodiazepines with no additional fused rings is 1. The Labute approximate surface area is 243 Å². The minimum atomic E-state index is -1.17. The van der Waals surface area contributed by atoms with E-state index in [1.807, 2.05) is 42.7 Å². The van der Waals surface area contributed by atoms with Gasteiger partial charge in [0, 0.05) is 40.9 Å². The van der Waals surface area contributed by atoms with Gasteiger partial charge in [-0.2, -0.15) is 0 Å². The molecule has 42 heavy (non-hydrogen) atoms. The fraction of sp³-hybridized carbons (Fsp3) is 0.233. The number of para-hydroxylation sites is 1. The molecule has 2 saturated carbocycles. The number of aromatic nitrogens is 5. The summed E-state index contributed by atoms with van der Waals surface area (Å²) in [5.41, 5.74) is 3.11. The predicted molar refractivity (Wildman–Crippen MR) is 155 cm³/mol. The molecular formula is C30H23FN8O2S. The van der Waals surface area contributed by atoms with Crippen molar-refractivity contribution in [2.45, 2.75) is 43.7 Å². The smallest absolute Gasteiger partial charge is 0.317 e. The van der Waals surface area contributed by atoms with Gasteiger partial charge in [-0.1, -0.05) is 47.6 Å². The van der Waals surface area contributed by atoms with Crippen LogP contribution in [-0.4, -0.2) is 42.9 Å². The predicted octanol–water partition coefficient (Wildman–Crippen LogP) is 5.77. The van der Waals surface area contributed by atoms with Crippen LogP contribution >= 0.6 is 11.3 Å². The third kappa shape index (κ3) is 4.63. The van der Waals surface area contributed by atoms with E-state index in [1.165, 1.54) is 6.07 Å². The van der Waals surface area contributed by atoms with E-state index < -0.39 is 17.9 Å². The number of nitrogens with zero attached hydrogens (tertiary/aromatic N) is 6. The summed E-state index contributed by atoms with van der Waals surface area (Å²) in [5, 5.41) is 15.0. The first-order chi connectivity index (χ1) is 20.6. The van der Waals surface area contributed by atoms with E-state index >= 15 is 0 Å². The number of anilines is 2. The molecular weight excluding hydrogens is 555 g/mol. The van der Waals surface area contributed by atoms with Crippen molar-refractivity contribution in [1.29, 1.82) is 0 Å². The molecule has 1 atom stereocenters. The number of nitrogens with one attached hydrogen (secondary N) is 2. The largest absolute Gasteiger partial charge is 0.402 e. The van der Waals surface area contributed by atoms with Crippen molar-refractivity contribution in [3.05, 3.63) is 88.7 Å². The van der Waals surface area contributed by atoms with Gasteiger partial charge >= 0.3 is 6.01 Å². The van der Waals surface area contributed by atoms with Crippen LogP contribution in [0.3, 0.4) is 0 Å². The Morgan fingerprint density at radius 2 is 1.71 bits per heavy atom. The first-order valence-corrected chi connectivity index (χ1v) is 14.6. The molecule has 2 aliphatic carbocycles. The lowest BCUT2D eigenvalue weighted by Crippen LogP contribution is -2.32. The second-order valence-electron chi connectivity index (χ2n) is 10.6. The van der Waals surface area contributed by atoms with Gasteiger partial charge in [0.25, 0.3) is 11.8 Å². The summed E-state index contributed by atoms with van der Waals surface area (Å²) in [6.45, 7) is 0. The summed E-state index contributed by atoms with van der Waals surface area (Å²) < 4.78 is 20.8.